The average Bonchev–Trinajstić information content (AvgIpc) is 3.12. The second-order valence-electron chi connectivity index (χ2n) is 6.68. The highest BCUT2D eigenvalue weighted by Gasteiger charge is 2.31. The number of halogens is 2. The van der Waals surface area contributed by atoms with Gasteiger partial charge in [-0.1, -0.05) is 47.0 Å². The average molecular weight is 416 g/mol. The Balaban J connectivity index is 1.70. The SMILES string of the molecule is Cc1ccc(NC(=S)N2CCn3cccc3C2c2ccc(Cl)cc2Cl)cc1. The first-order chi connectivity index (χ1) is 13.0. The van der Waals surface area contributed by atoms with Gasteiger partial charge in [0.1, 0.15) is 0 Å². The van der Waals surface area contributed by atoms with Crippen LogP contribution in [0.25, 0.3) is 0 Å². The monoisotopic (exact) mass is 415 g/mol. The van der Waals surface area contributed by atoms with Gasteiger partial charge in [0, 0.05) is 40.7 Å². The van der Waals surface area contributed by atoms with Gasteiger partial charge in [0.05, 0.1) is 6.04 Å². The number of hydrogen-bond donors (Lipinski definition) is 1. The van der Waals surface area contributed by atoms with Crippen molar-refractivity contribution in [1.82, 2.24) is 9.47 Å². The van der Waals surface area contributed by atoms with Gasteiger partial charge in [0.25, 0.3) is 0 Å². The van der Waals surface area contributed by atoms with Gasteiger partial charge in [-0.15, -0.1) is 0 Å². The molecule has 0 saturated heterocycles. The maximum absolute atomic E-state index is 6.56. The first kappa shape index (κ1) is 18.4. The van der Waals surface area contributed by atoms with E-state index in [2.05, 4.69) is 52.2 Å². The Bertz CT molecular complexity index is 981. The summed E-state index contributed by atoms with van der Waals surface area (Å²) >= 11 is 18.4. The molecular formula is C21H19Cl2N3S. The molecule has 6 heteroatoms. The minimum absolute atomic E-state index is 0.0658. The van der Waals surface area contributed by atoms with E-state index in [1.54, 1.807) is 6.07 Å². The molecule has 1 aromatic heterocycles. The van der Waals surface area contributed by atoms with Crippen LogP contribution in [0.15, 0.2) is 60.8 Å². The van der Waals surface area contributed by atoms with Crippen molar-refractivity contribution in [1.29, 1.82) is 0 Å². The van der Waals surface area contributed by atoms with Crippen LogP contribution in [-0.2, 0) is 6.54 Å². The molecule has 0 radical (unpaired) electrons. The minimum atomic E-state index is -0.0658. The number of nitrogens with one attached hydrogen (secondary N) is 1. The molecule has 3 nitrogen and oxygen atoms in total. The van der Waals surface area contributed by atoms with E-state index in [0.717, 1.165) is 24.3 Å². The second kappa shape index (κ2) is 7.55. The summed E-state index contributed by atoms with van der Waals surface area (Å²) in [7, 11) is 0. The Morgan fingerprint density at radius 3 is 2.59 bits per heavy atom. The number of thiocarbonyl (C=S) groups is 1. The maximum Gasteiger partial charge on any atom is 0.174 e. The fourth-order valence-electron chi connectivity index (χ4n) is 3.48. The molecule has 0 aliphatic carbocycles. The van der Waals surface area contributed by atoms with Crippen LogP contribution in [0.1, 0.15) is 22.9 Å². The Morgan fingerprint density at radius 1 is 1.07 bits per heavy atom. The van der Waals surface area contributed by atoms with Crippen molar-refractivity contribution in [3.05, 3.63) is 87.7 Å². The summed E-state index contributed by atoms with van der Waals surface area (Å²) in [5.74, 6) is 0. The van der Waals surface area contributed by atoms with Gasteiger partial charge in [-0.2, -0.15) is 0 Å². The molecule has 2 heterocycles. The van der Waals surface area contributed by atoms with E-state index < -0.39 is 0 Å². The van der Waals surface area contributed by atoms with E-state index >= 15 is 0 Å². The van der Waals surface area contributed by atoms with Crippen LogP contribution in [0.3, 0.4) is 0 Å². The summed E-state index contributed by atoms with van der Waals surface area (Å²) in [4.78, 5) is 2.19. The van der Waals surface area contributed by atoms with Gasteiger partial charge in [-0.25, -0.2) is 0 Å². The third-order valence-corrected chi connectivity index (χ3v) is 5.76. The molecule has 0 spiro atoms. The third-order valence-electron chi connectivity index (χ3n) is 4.86. The predicted molar refractivity (Wildman–Crippen MR) is 117 cm³/mol. The summed E-state index contributed by atoms with van der Waals surface area (Å²) in [5, 5.41) is 5.32. The zero-order valence-electron chi connectivity index (χ0n) is 14.8. The van der Waals surface area contributed by atoms with E-state index in [1.807, 2.05) is 24.3 Å². The highest BCUT2D eigenvalue weighted by atomic mass is 35.5. The molecule has 1 unspecified atom stereocenters. The molecular weight excluding hydrogens is 397 g/mol. The number of aromatic nitrogens is 1. The lowest BCUT2D eigenvalue weighted by Crippen LogP contribution is -2.44. The summed E-state index contributed by atoms with van der Waals surface area (Å²) < 4.78 is 2.25. The normalized spacial score (nSPS) is 16.1. The van der Waals surface area contributed by atoms with Crippen molar-refractivity contribution in [3.63, 3.8) is 0 Å². The first-order valence-corrected chi connectivity index (χ1v) is 9.93. The lowest BCUT2D eigenvalue weighted by Gasteiger charge is -2.39. The fraction of sp³-hybridized carbons (Fsp3) is 0.190. The molecule has 138 valence electrons. The summed E-state index contributed by atoms with van der Waals surface area (Å²) in [6.45, 7) is 3.74. The third kappa shape index (κ3) is 3.70. The zero-order chi connectivity index (χ0) is 19.0. The van der Waals surface area contributed by atoms with Gasteiger partial charge in [-0.3, -0.25) is 0 Å². The quantitative estimate of drug-likeness (QED) is 0.525. The molecule has 0 fully saturated rings. The minimum Gasteiger partial charge on any atom is -0.348 e. The highest BCUT2D eigenvalue weighted by molar-refractivity contribution is 7.80. The van der Waals surface area contributed by atoms with Crippen LogP contribution in [0.5, 0.6) is 0 Å². The zero-order valence-corrected chi connectivity index (χ0v) is 17.2. The van der Waals surface area contributed by atoms with Crippen LogP contribution in [-0.4, -0.2) is 21.1 Å². The van der Waals surface area contributed by atoms with E-state index in [4.69, 9.17) is 35.4 Å². The Hall–Kier alpha value is -2.01. The molecule has 1 atom stereocenters. The molecule has 4 rings (SSSR count). The van der Waals surface area contributed by atoms with Gasteiger partial charge in [-0.05, 0) is 61.1 Å². The van der Waals surface area contributed by atoms with Gasteiger partial charge < -0.3 is 14.8 Å². The summed E-state index contributed by atoms with van der Waals surface area (Å²) in [6.07, 6.45) is 2.10. The smallest absolute Gasteiger partial charge is 0.174 e. The van der Waals surface area contributed by atoms with Crippen LogP contribution < -0.4 is 5.32 Å². The predicted octanol–water partition coefficient (Wildman–Crippen LogP) is 5.91. The number of rotatable bonds is 2. The Morgan fingerprint density at radius 2 is 1.85 bits per heavy atom. The van der Waals surface area contributed by atoms with Crippen LogP contribution in [0.2, 0.25) is 10.0 Å². The highest BCUT2D eigenvalue weighted by Crippen LogP contribution is 2.37. The van der Waals surface area contributed by atoms with E-state index in [1.165, 1.54) is 11.3 Å². The van der Waals surface area contributed by atoms with Gasteiger partial charge in [0.15, 0.2) is 5.11 Å². The van der Waals surface area contributed by atoms with E-state index in [-0.39, 0.29) is 6.04 Å². The summed E-state index contributed by atoms with van der Waals surface area (Å²) in [5.41, 5.74) is 4.35. The Kier molecular flexibility index (Phi) is 5.13. The van der Waals surface area contributed by atoms with Crippen LogP contribution in [0.4, 0.5) is 5.69 Å². The summed E-state index contributed by atoms with van der Waals surface area (Å²) in [6, 6.07) is 18.0. The van der Waals surface area contributed by atoms with Gasteiger partial charge in [0.2, 0.25) is 0 Å². The van der Waals surface area contributed by atoms with Crippen LogP contribution >= 0.6 is 35.4 Å². The molecule has 0 bridgehead atoms. The molecule has 3 aromatic rings. The molecule has 1 aliphatic rings. The number of benzene rings is 2. The Labute approximate surface area is 174 Å². The van der Waals surface area contributed by atoms with Crippen molar-refractivity contribution < 1.29 is 0 Å². The van der Waals surface area contributed by atoms with Crippen molar-refractivity contribution in [3.8, 4) is 0 Å². The van der Waals surface area contributed by atoms with Crippen molar-refractivity contribution in [2.75, 3.05) is 11.9 Å². The number of anilines is 1. The lowest BCUT2D eigenvalue weighted by molar-refractivity contribution is 0.293. The van der Waals surface area contributed by atoms with Gasteiger partial charge >= 0.3 is 0 Å². The largest absolute Gasteiger partial charge is 0.348 e. The topological polar surface area (TPSA) is 20.2 Å². The number of fused-ring (bicyclic) bond motifs is 1. The standard InChI is InChI=1S/C21H19Cl2N3S/c1-14-4-7-16(8-5-14)24-21(27)26-12-11-25-10-2-3-19(25)20(26)17-9-6-15(22)13-18(17)23/h2-10,13,20H,11-12H2,1H3,(H,24,27). The molecule has 0 amide bonds. The molecule has 0 saturated carbocycles. The van der Waals surface area contributed by atoms with E-state index in [0.29, 0.717) is 15.2 Å². The number of hydrogen-bond acceptors (Lipinski definition) is 1. The second-order valence-corrected chi connectivity index (χ2v) is 7.91. The molecule has 2 aromatic carbocycles. The lowest BCUT2D eigenvalue weighted by atomic mass is 10.00. The van der Waals surface area contributed by atoms with Crippen molar-refractivity contribution >= 4 is 46.2 Å². The van der Waals surface area contributed by atoms with E-state index in [9.17, 15) is 0 Å². The van der Waals surface area contributed by atoms with Crippen LogP contribution in [0, 0.1) is 6.92 Å². The first-order valence-electron chi connectivity index (χ1n) is 8.77. The number of aryl methyl sites for hydroxylation is 1. The molecule has 1 N–H and O–H groups in total. The fourth-order valence-corrected chi connectivity index (χ4v) is 4.31. The maximum atomic E-state index is 6.56. The molecule has 27 heavy (non-hydrogen) atoms. The van der Waals surface area contributed by atoms with Crippen molar-refractivity contribution in [2.45, 2.75) is 19.5 Å². The number of nitrogens with zero attached hydrogens (tertiary/aromatic N) is 2. The van der Waals surface area contributed by atoms with Crippen molar-refractivity contribution in [2.24, 2.45) is 0 Å². The molecule has 1 aliphatic heterocycles.